The van der Waals surface area contributed by atoms with Gasteiger partial charge in [0.15, 0.2) is 0 Å². The molecule has 4 aromatic rings. The van der Waals surface area contributed by atoms with Gasteiger partial charge in [0.1, 0.15) is 12.4 Å². The summed E-state index contributed by atoms with van der Waals surface area (Å²) in [6.07, 6.45) is 6.38. The Labute approximate surface area is 202 Å². The Morgan fingerprint density at radius 2 is 1.66 bits per heavy atom. The first kappa shape index (κ1) is 22.4. The molecule has 0 bridgehead atoms. The van der Waals surface area contributed by atoms with Gasteiger partial charge in [0.25, 0.3) is 0 Å². The van der Waals surface area contributed by atoms with Gasteiger partial charge in [0.2, 0.25) is 5.91 Å². The summed E-state index contributed by atoms with van der Waals surface area (Å²) in [5.74, 6) is 0.598. The second-order valence-corrected chi connectivity index (χ2v) is 8.39. The summed E-state index contributed by atoms with van der Waals surface area (Å²) >= 11 is 0. The number of methoxy groups -OCH3 is 1. The van der Waals surface area contributed by atoms with Crippen molar-refractivity contribution in [1.29, 1.82) is 0 Å². The van der Waals surface area contributed by atoms with Gasteiger partial charge in [0.05, 0.1) is 43.3 Å². The van der Waals surface area contributed by atoms with E-state index in [1.165, 1.54) is 7.11 Å². The maximum Gasteiger partial charge on any atom is 0.407 e. The number of carbonyl (C=O) groups is 2. The fourth-order valence-electron chi connectivity index (χ4n) is 4.42. The van der Waals surface area contributed by atoms with E-state index in [0.29, 0.717) is 6.54 Å². The third-order valence-corrected chi connectivity index (χ3v) is 6.28. The Morgan fingerprint density at radius 1 is 1.00 bits per heavy atom. The maximum absolute atomic E-state index is 12.6. The van der Waals surface area contributed by atoms with Crippen molar-refractivity contribution in [3.05, 3.63) is 73.1 Å². The van der Waals surface area contributed by atoms with E-state index in [0.717, 1.165) is 52.3 Å². The number of H-pyrrole nitrogens is 2. The SMILES string of the molecule is COC(=O)NCC(=O)N1CCC[C@H]1c1ncc(-c2ccc(-c3ccc(-c4cnc[nH]4)cc3)cc2)[nH]1. The van der Waals surface area contributed by atoms with Crippen LogP contribution in [0.5, 0.6) is 0 Å². The average molecular weight is 471 g/mol. The molecule has 3 N–H and O–H groups in total. The van der Waals surface area contributed by atoms with Crippen LogP contribution < -0.4 is 5.32 Å². The molecule has 0 saturated carbocycles. The van der Waals surface area contributed by atoms with E-state index < -0.39 is 6.09 Å². The smallest absolute Gasteiger partial charge is 0.407 e. The number of nitrogens with one attached hydrogen (secondary N) is 3. The summed E-state index contributed by atoms with van der Waals surface area (Å²) in [6.45, 7) is 0.539. The highest BCUT2D eigenvalue weighted by atomic mass is 16.5. The lowest BCUT2D eigenvalue weighted by atomic mass is 10.0. The van der Waals surface area contributed by atoms with E-state index in [9.17, 15) is 9.59 Å². The van der Waals surface area contributed by atoms with Crippen LogP contribution in [0, 0.1) is 0 Å². The number of likely N-dealkylation sites (tertiary alicyclic amines) is 1. The molecule has 0 spiro atoms. The normalized spacial score (nSPS) is 15.2. The molecule has 2 aromatic heterocycles. The molecule has 0 unspecified atom stereocenters. The van der Waals surface area contributed by atoms with Crippen LogP contribution in [0.3, 0.4) is 0 Å². The number of nitrogens with zero attached hydrogens (tertiary/aromatic N) is 3. The molecular formula is C26H26N6O3. The maximum atomic E-state index is 12.6. The van der Waals surface area contributed by atoms with Crippen LogP contribution in [0.1, 0.15) is 24.7 Å². The number of amides is 2. The molecule has 35 heavy (non-hydrogen) atoms. The van der Waals surface area contributed by atoms with E-state index >= 15 is 0 Å². The van der Waals surface area contributed by atoms with Gasteiger partial charge in [-0.2, -0.15) is 0 Å². The van der Waals surface area contributed by atoms with Gasteiger partial charge < -0.3 is 24.9 Å². The number of carbonyl (C=O) groups excluding carboxylic acids is 2. The van der Waals surface area contributed by atoms with Crippen molar-refractivity contribution in [2.24, 2.45) is 0 Å². The van der Waals surface area contributed by atoms with E-state index in [-0.39, 0.29) is 18.5 Å². The van der Waals surface area contributed by atoms with Crippen molar-refractivity contribution in [2.45, 2.75) is 18.9 Å². The molecule has 1 fully saturated rings. The van der Waals surface area contributed by atoms with Gasteiger partial charge in [-0.15, -0.1) is 0 Å². The first-order chi connectivity index (χ1) is 17.1. The zero-order chi connectivity index (χ0) is 24.2. The minimum atomic E-state index is -0.619. The number of rotatable bonds is 6. The molecule has 178 valence electrons. The molecule has 1 atom stereocenters. The summed E-state index contributed by atoms with van der Waals surface area (Å²) in [6, 6.07) is 16.5. The zero-order valence-corrected chi connectivity index (χ0v) is 19.3. The van der Waals surface area contributed by atoms with E-state index in [1.807, 2.05) is 6.20 Å². The van der Waals surface area contributed by atoms with Gasteiger partial charge in [-0.3, -0.25) is 4.79 Å². The standard InChI is InChI=1S/C26H26N6O3/c1-35-26(34)29-15-24(33)32-12-2-3-23(32)25-28-14-22(31-25)20-10-6-18(7-11-20)17-4-8-19(9-5-17)21-13-27-16-30-21/h4-11,13-14,16,23H,2-3,12,15H2,1H3,(H,27,30)(H,28,31)(H,29,34)/t23-/m0/s1. The lowest BCUT2D eigenvalue weighted by Crippen LogP contribution is -2.40. The number of ether oxygens (including phenoxy) is 1. The van der Waals surface area contributed by atoms with Crippen molar-refractivity contribution < 1.29 is 14.3 Å². The van der Waals surface area contributed by atoms with Crippen LogP contribution in [-0.4, -0.2) is 57.0 Å². The average Bonchev–Trinajstić information content (AvgIpc) is 3.69. The third-order valence-electron chi connectivity index (χ3n) is 6.28. The summed E-state index contributed by atoms with van der Waals surface area (Å²) in [4.78, 5) is 40.8. The molecule has 2 amide bonds. The Bertz CT molecular complexity index is 1300. The number of benzene rings is 2. The zero-order valence-electron chi connectivity index (χ0n) is 19.3. The minimum Gasteiger partial charge on any atom is -0.453 e. The van der Waals surface area contributed by atoms with Gasteiger partial charge >= 0.3 is 6.09 Å². The molecule has 5 rings (SSSR count). The summed E-state index contributed by atoms with van der Waals surface area (Å²) in [5.41, 5.74) is 6.25. The first-order valence-electron chi connectivity index (χ1n) is 11.5. The molecular weight excluding hydrogens is 444 g/mol. The Balaban J connectivity index is 1.27. The molecule has 1 aliphatic heterocycles. The van der Waals surface area contributed by atoms with Gasteiger partial charge in [-0.1, -0.05) is 48.5 Å². The van der Waals surface area contributed by atoms with Crippen LogP contribution in [-0.2, 0) is 9.53 Å². The molecule has 3 heterocycles. The first-order valence-corrected chi connectivity index (χ1v) is 11.5. The number of hydrogen-bond acceptors (Lipinski definition) is 5. The largest absolute Gasteiger partial charge is 0.453 e. The number of alkyl carbamates (subject to hydrolysis) is 1. The quantitative estimate of drug-likeness (QED) is 0.391. The monoisotopic (exact) mass is 470 g/mol. The van der Waals surface area contributed by atoms with E-state index in [1.54, 1.807) is 17.4 Å². The lowest BCUT2D eigenvalue weighted by Gasteiger charge is -2.23. The van der Waals surface area contributed by atoms with E-state index in [2.05, 4.69) is 78.5 Å². The van der Waals surface area contributed by atoms with Crippen molar-refractivity contribution in [1.82, 2.24) is 30.2 Å². The van der Waals surface area contributed by atoms with Crippen LogP contribution in [0.25, 0.3) is 33.6 Å². The van der Waals surface area contributed by atoms with Crippen LogP contribution in [0.15, 0.2) is 67.3 Å². The molecule has 1 saturated heterocycles. The molecule has 1 aliphatic rings. The predicted octanol–water partition coefficient (Wildman–Crippen LogP) is 4.15. The predicted molar refractivity (Wildman–Crippen MR) is 131 cm³/mol. The van der Waals surface area contributed by atoms with E-state index in [4.69, 9.17) is 0 Å². The summed E-state index contributed by atoms with van der Waals surface area (Å²) in [5, 5.41) is 2.45. The van der Waals surface area contributed by atoms with Crippen LogP contribution in [0.2, 0.25) is 0 Å². The number of aromatic amines is 2. The fourth-order valence-corrected chi connectivity index (χ4v) is 4.42. The molecule has 0 aliphatic carbocycles. The second kappa shape index (κ2) is 9.84. The van der Waals surface area contributed by atoms with Crippen molar-refractivity contribution in [3.8, 4) is 33.6 Å². The molecule has 0 radical (unpaired) electrons. The van der Waals surface area contributed by atoms with Crippen molar-refractivity contribution in [3.63, 3.8) is 0 Å². The van der Waals surface area contributed by atoms with Crippen LogP contribution in [0.4, 0.5) is 4.79 Å². The number of aromatic nitrogens is 4. The Morgan fingerprint density at radius 3 is 2.29 bits per heavy atom. The van der Waals surface area contributed by atoms with Crippen molar-refractivity contribution >= 4 is 12.0 Å². The fraction of sp³-hybridized carbons (Fsp3) is 0.231. The molecule has 9 heteroatoms. The minimum absolute atomic E-state index is 0.0962. The number of imidazole rings is 2. The Hall–Kier alpha value is -4.40. The van der Waals surface area contributed by atoms with Gasteiger partial charge in [0, 0.05) is 6.54 Å². The third kappa shape index (κ3) is 4.79. The van der Waals surface area contributed by atoms with Gasteiger partial charge in [-0.25, -0.2) is 14.8 Å². The molecule has 2 aromatic carbocycles. The molecule has 9 nitrogen and oxygen atoms in total. The highest BCUT2D eigenvalue weighted by Gasteiger charge is 2.32. The lowest BCUT2D eigenvalue weighted by molar-refractivity contribution is -0.131. The summed E-state index contributed by atoms with van der Waals surface area (Å²) < 4.78 is 4.54. The summed E-state index contributed by atoms with van der Waals surface area (Å²) in [7, 11) is 1.27. The highest BCUT2D eigenvalue weighted by Crippen LogP contribution is 2.32. The van der Waals surface area contributed by atoms with Gasteiger partial charge in [-0.05, 0) is 35.1 Å². The highest BCUT2D eigenvalue weighted by molar-refractivity contribution is 5.82. The van der Waals surface area contributed by atoms with Crippen LogP contribution >= 0.6 is 0 Å². The topological polar surface area (TPSA) is 116 Å². The number of hydrogen-bond donors (Lipinski definition) is 3. The van der Waals surface area contributed by atoms with Crippen molar-refractivity contribution in [2.75, 3.05) is 20.2 Å². The Kier molecular flexibility index (Phi) is 6.30. The second-order valence-electron chi connectivity index (χ2n) is 8.39.